The summed E-state index contributed by atoms with van der Waals surface area (Å²) in [6, 6.07) is 3.49. The summed E-state index contributed by atoms with van der Waals surface area (Å²) in [7, 11) is 0. The standard InChI is InChI=1S/C14H20ClN3O/c15-13-10-12(8-9-16-13)18-14(19)17-11-6-4-2-1-3-5-7-11/h8-11H,1-7H2,(H2,16,17,18,19). The van der Waals surface area contributed by atoms with E-state index in [4.69, 9.17) is 11.6 Å². The molecule has 0 spiro atoms. The third kappa shape index (κ3) is 5.07. The summed E-state index contributed by atoms with van der Waals surface area (Å²) in [6.45, 7) is 0. The van der Waals surface area contributed by atoms with Crippen molar-refractivity contribution >= 4 is 23.3 Å². The highest BCUT2D eigenvalue weighted by Crippen LogP contribution is 2.17. The van der Waals surface area contributed by atoms with Gasteiger partial charge in [0.25, 0.3) is 0 Å². The Kier molecular flexibility index (Phi) is 5.45. The number of nitrogens with zero attached hydrogens (tertiary/aromatic N) is 1. The van der Waals surface area contributed by atoms with Crippen LogP contribution < -0.4 is 10.6 Å². The topological polar surface area (TPSA) is 54.0 Å². The maximum atomic E-state index is 11.9. The van der Waals surface area contributed by atoms with Crippen LogP contribution in [0.4, 0.5) is 10.5 Å². The molecule has 0 unspecified atom stereocenters. The Balaban J connectivity index is 1.82. The molecular weight excluding hydrogens is 262 g/mol. The Morgan fingerprint density at radius 1 is 1.21 bits per heavy atom. The van der Waals surface area contributed by atoms with Gasteiger partial charge in [0.15, 0.2) is 0 Å². The molecular formula is C14H20ClN3O. The lowest BCUT2D eigenvalue weighted by Gasteiger charge is -2.21. The molecule has 1 fully saturated rings. The van der Waals surface area contributed by atoms with Crippen LogP contribution in [-0.2, 0) is 0 Å². The molecule has 0 saturated heterocycles. The fourth-order valence-electron chi connectivity index (χ4n) is 2.43. The Bertz CT molecular complexity index is 417. The molecule has 1 saturated carbocycles. The summed E-state index contributed by atoms with van der Waals surface area (Å²) < 4.78 is 0. The van der Waals surface area contributed by atoms with Gasteiger partial charge in [-0.15, -0.1) is 0 Å². The van der Waals surface area contributed by atoms with Crippen molar-refractivity contribution in [2.45, 2.75) is 51.0 Å². The molecule has 0 atom stereocenters. The maximum Gasteiger partial charge on any atom is 0.319 e. The second-order valence-corrected chi connectivity index (χ2v) is 5.39. The largest absolute Gasteiger partial charge is 0.335 e. The Labute approximate surface area is 118 Å². The highest BCUT2D eigenvalue weighted by Gasteiger charge is 2.13. The maximum absolute atomic E-state index is 11.9. The zero-order valence-electron chi connectivity index (χ0n) is 11.0. The highest BCUT2D eigenvalue weighted by molar-refractivity contribution is 6.29. The number of halogens is 1. The number of amides is 2. The number of rotatable bonds is 2. The molecule has 2 amide bonds. The van der Waals surface area contributed by atoms with E-state index in [9.17, 15) is 4.79 Å². The van der Waals surface area contributed by atoms with Crippen LogP contribution in [0.5, 0.6) is 0 Å². The zero-order chi connectivity index (χ0) is 13.5. The molecule has 1 aromatic rings. The number of anilines is 1. The van der Waals surface area contributed by atoms with E-state index < -0.39 is 0 Å². The summed E-state index contributed by atoms with van der Waals surface area (Å²) in [5.74, 6) is 0. The minimum atomic E-state index is -0.159. The van der Waals surface area contributed by atoms with Crippen molar-refractivity contribution in [2.24, 2.45) is 0 Å². The first-order chi connectivity index (χ1) is 9.24. The van der Waals surface area contributed by atoms with Crippen molar-refractivity contribution in [1.29, 1.82) is 0 Å². The Morgan fingerprint density at radius 3 is 2.58 bits per heavy atom. The van der Waals surface area contributed by atoms with E-state index in [1.54, 1.807) is 18.3 Å². The van der Waals surface area contributed by atoms with E-state index in [0.29, 0.717) is 10.8 Å². The molecule has 0 aromatic carbocycles. The smallest absolute Gasteiger partial charge is 0.319 e. The summed E-state index contributed by atoms with van der Waals surface area (Å²) in [5, 5.41) is 6.21. The Morgan fingerprint density at radius 2 is 1.89 bits per heavy atom. The predicted octanol–water partition coefficient (Wildman–Crippen LogP) is 3.97. The lowest BCUT2D eigenvalue weighted by molar-refractivity contribution is 0.245. The molecule has 0 bridgehead atoms. The molecule has 1 aromatic heterocycles. The van der Waals surface area contributed by atoms with Gasteiger partial charge in [0.2, 0.25) is 0 Å². The fraction of sp³-hybridized carbons (Fsp3) is 0.571. The number of urea groups is 1. The van der Waals surface area contributed by atoms with E-state index in [1.165, 1.54) is 32.1 Å². The van der Waals surface area contributed by atoms with E-state index in [2.05, 4.69) is 15.6 Å². The van der Waals surface area contributed by atoms with Crippen LogP contribution >= 0.6 is 11.6 Å². The normalized spacial score (nSPS) is 17.3. The SMILES string of the molecule is O=C(Nc1ccnc(Cl)c1)NC1CCCCCCC1. The van der Waals surface area contributed by atoms with Crippen molar-refractivity contribution in [2.75, 3.05) is 5.32 Å². The van der Waals surface area contributed by atoms with Gasteiger partial charge in [-0.25, -0.2) is 9.78 Å². The molecule has 1 heterocycles. The lowest BCUT2D eigenvalue weighted by Crippen LogP contribution is -2.38. The van der Waals surface area contributed by atoms with Gasteiger partial charge in [-0.1, -0.05) is 43.7 Å². The molecule has 1 aliphatic rings. The van der Waals surface area contributed by atoms with E-state index in [1.807, 2.05) is 0 Å². The number of nitrogens with one attached hydrogen (secondary N) is 2. The third-order valence-corrected chi connectivity index (χ3v) is 3.63. The quantitative estimate of drug-likeness (QED) is 0.806. The van der Waals surface area contributed by atoms with Crippen LogP contribution in [0.3, 0.4) is 0 Å². The molecule has 2 N–H and O–H groups in total. The molecule has 2 rings (SSSR count). The van der Waals surface area contributed by atoms with Gasteiger partial charge in [-0.3, -0.25) is 0 Å². The summed E-state index contributed by atoms with van der Waals surface area (Å²) in [6.07, 6.45) is 10.0. The second-order valence-electron chi connectivity index (χ2n) is 5.01. The van der Waals surface area contributed by atoms with E-state index in [0.717, 1.165) is 12.8 Å². The molecule has 4 nitrogen and oxygen atoms in total. The molecule has 0 radical (unpaired) electrons. The average molecular weight is 282 g/mol. The number of carbonyl (C=O) groups excluding carboxylic acids is 1. The summed E-state index contributed by atoms with van der Waals surface area (Å²) in [4.78, 5) is 15.8. The number of hydrogen-bond donors (Lipinski definition) is 2. The molecule has 5 heteroatoms. The predicted molar refractivity (Wildman–Crippen MR) is 77.5 cm³/mol. The number of carbonyl (C=O) groups is 1. The van der Waals surface area contributed by atoms with Crippen LogP contribution in [-0.4, -0.2) is 17.1 Å². The summed E-state index contributed by atoms with van der Waals surface area (Å²) >= 11 is 5.78. The van der Waals surface area contributed by atoms with Crippen LogP contribution in [0.25, 0.3) is 0 Å². The summed E-state index contributed by atoms with van der Waals surface area (Å²) in [5.41, 5.74) is 0.670. The first kappa shape index (κ1) is 14.1. The van der Waals surface area contributed by atoms with Crippen LogP contribution in [0.15, 0.2) is 18.3 Å². The first-order valence-corrected chi connectivity index (χ1v) is 7.31. The molecule has 1 aliphatic carbocycles. The van der Waals surface area contributed by atoms with Crippen LogP contribution in [0.2, 0.25) is 5.15 Å². The van der Waals surface area contributed by atoms with Gasteiger partial charge < -0.3 is 10.6 Å². The van der Waals surface area contributed by atoms with Crippen molar-refractivity contribution in [3.8, 4) is 0 Å². The first-order valence-electron chi connectivity index (χ1n) is 6.93. The van der Waals surface area contributed by atoms with Gasteiger partial charge in [0, 0.05) is 17.9 Å². The minimum Gasteiger partial charge on any atom is -0.335 e. The molecule has 19 heavy (non-hydrogen) atoms. The van der Waals surface area contributed by atoms with Gasteiger partial charge >= 0.3 is 6.03 Å². The molecule has 104 valence electrons. The number of aromatic nitrogens is 1. The van der Waals surface area contributed by atoms with Gasteiger partial charge in [-0.05, 0) is 25.0 Å². The van der Waals surface area contributed by atoms with E-state index >= 15 is 0 Å². The van der Waals surface area contributed by atoms with Crippen molar-refractivity contribution in [3.05, 3.63) is 23.5 Å². The number of hydrogen-bond acceptors (Lipinski definition) is 2. The fourth-order valence-corrected chi connectivity index (χ4v) is 2.61. The zero-order valence-corrected chi connectivity index (χ0v) is 11.7. The van der Waals surface area contributed by atoms with Gasteiger partial charge in [0.1, 0.15) is 5.15 Å². The monoisotopic (exact) mass is 281 g/mol. The third-order valence-electron chi connectivity index (χ3n) is 3.42. The van der Waals surface area contributed by atoms with Crippen molar-refractivity contribution in [1.82, 2.24) is 10.3 Å². The average Bonchev–Trinajstić information content (AvgIpc) is 2.32. The van der Waals surface area contributed by atoms with Crippen LogP contribution in [0, 0.1) is 0 Å². The van der Waals surface area contributed by atoms with Crippen molar-refractivity contribution in [3.63, 3.8) is 0 Å². The van der Waals surface area contributed by atoms with Crippen molar-refractivity contribution < 1.29 is 4.79 Å². The second kappa shape index (κ2) is 7.34. The highest BCUT2D eigenvalue weighted by atomic mass is 35.5. The van der Waals surface area contributed by atoms with E-state index in [-0.39, 0.29) is 12.1 Å². The van der Waals surface area contributed by atoms with Gasteiger partial charge in [-0.2, -0.15) is 0 Å². The number of pyridine rings is 1. The lowest BCUT2D eigenvalue weighted by atomic mass is 9.97. The minimum absolute atomic E-state index is 0.159. The van der Waals surface area contributed by atoms with Crippen LogP contribution in [0.1, 0.15) is 44.9 Å². The molecule has 0 aliphatic heterocycles. The Hall–Kier alpha value is -1.29. The van der Waals surface area contributed by atoms with Gasteiger partial charge in [0.05, 0.1) is 0 Å².